The van der Waals surface area contributed by atoms with E-state index in [1.165, 1.54) is 5.56 Å². The van der Waals surface area contributed by atoms with Crippen LogP contribution >= 0.6 is 0 Å². The summed E-state index contributed by atoms with van der Waals surface area (Å²) in [6.07, 6.45) is 0. The Morgan fingerprint density at radius 2 is 1.83 bits per heavy atom. The van der Waals surface area contributed by atoms with Gasteiger partial charge in [-0.3, -0.25) is 9.59 Å². The van der Waals surface area contributed by atoms with Crippen LogP contribution < -0.4 is 15.4 Å². The van der Waals surface area contributed by atoms with Crippen molar-refractivity contribution in [2.75, 3.05) is 19.7 Å². The maximum atomic E-state index is 11.7. The molecule has 0 bridgehead atoms. The predicted octanol–water partition coefficient (Wildman–Crippen LogP) is 1.52. The molecule has 0 aliphatic rings. The quantitative estimate of drug-likeness (QED) is 0.750. The van der Waals surface area contributed by atoms with E-state index in [1.807, 2.05) is 32.0 Å². The maximum Gasteiger partial charge on any atom is 0.273 e. The third-order valence-electron chi connectivity index (χ3n) is 3.44. The second-order valence-electron chi connectivity index (χ2n) is 5.46. The molecule has 1 aromatic carbocycles. The summed E-state index contributed by atoms with van der Waals surface area (Å²) in [5.41, 5.74) is 2.50. The van der Waals surface area contributed by atoms with Crippen LogP contribution in [0.5, 0.6) is 5.75 Å². The molecule has 2 aromatic rings. The van der Waals surface area contributed by atoms with Crippen molar-refractivity contribution >= 4 is 11.8 Å². The molecule has 0 aliphatic carbocycles. The van der Waals surface area contributed by atoms with Crippen molar-refractivity contribution < 1.29 is 18.8 Å². The van der Waals surface area contributed by atoms with Gasteiger partial charge in [-0.05, 0) is 44.0 Å². The highest BCUT2D eigenvalue weighted by Crippen LogP contribution is 2.16. The van der Waals surface area contributed by atoms with E-state index in [4.69, 9.17) is 9.26 Å². The summed E-state index contributed by atoms with van der Waals surface area (Å²) in [4.78, 5) is 23.4. The van der Waals surface area contributed by atoms with Crippen molar-refractivity contribution in [3.8, 4) is 5.75 Å². The lowest BCUT2D eigenvalue weighted by atomic mass is 10.1. The van der Waals surface area contributed by atoms with E-state index in [9.17, 15) is 9.59 Å². The highest BCUT2D eigenvalue weighted by Gasteiger charge is 2.10. The topological polar surface area (TPSA) is 93.5 Å². The number of rotatable bonds is 7. The van der Waals surface area contributed by atoms with Crippen molar-refractivity contribution in [1.82, 2.24) is 15.8 Å². The molecule has 0 fully saturated rings. The summed E-state index contributed by atoms with van der Waals surface area (Å²) in [6, 6.07) is 7.22. The summed E-state index contributed by atoms with van der Waals surface area (Å²) >= 11 is 0. The van der Waals surface area contributed by atoms with Gasteiger partial charge in [-0.25, -0.2) is 0 Å². The molecule has 2 rings (SSSR count). The fourth-order valence-electron chi connectivity index (χ4n) is 1.95. The van der Waals surface area contributed by atoms with E-state index < -0.39 is 0 Å². The standard InChI is InChI=1S/C17H21N3O4/c1-11-4-5-14(8-12(11)2)23-10-16(21)18-6-7-19-17(22)15-9-13(3)24-20-15/h4-5,8-9H,6-7,10H2,1-3H3,(H,18,21)(H,19,22). The van der Waals surface area contributed by atoms with Crippen LogP contribution in [0.15, 0.2) is 28.8 Å². The van der Waals surface area contributed by atoms with Crippen LogP contribution in [0.4, 0.5) is 0 Å². The number of hydrogen-bond acceptors (Lipinski definition) is 5. The predicted molar refractivity (Wildman–Crippen MR) is 88.0 cm³/mol. The summed E-state index contributed by atoms with van der Waals surface area (Å²) < 4.78 is 10.3. The summed E-state index contributed by atoms with van der Waals surface area (Å²) in [5, 5.41) is 8.92. The average molecular weight is 331 g/mol. The smallest absolute Gasteiger partial charge is 0.273 e. The van der Waals surface area contributed by atoms with Crippen LogP contribution in [0.2, 0.25) is 0 Å². The zero-order chi connectivity index (χ0) is 17.5. The second kappa shape index (κ2) is 8.14. The average Bonchev–Trinajstić information content (AvgIpc) is 2.99. The molecule has 2 amide bonds. The van der Waals surface area contributed by atoms with Gasteiger partial charge in [0, 0.05) is 19.2 Å². The largest absolute Gasteiger partial charge is 0.484 e. The first-order valence-electron chi connectivity index (χ1n) is 7.64. The van der Waals surface area contributed by atoms with Crippen molar-refractivity contribution in [3.63, 3.8) is 0 Å². The van der Waals surface area contributed by atoms with E-state index >= 15 is 0 Å². The van der Waals surface area contributed by atoms with E-state index in [0.717, 1.165) is 5.56 Å². The molecule has 128 valence electrons. The molecule has 1 heterocycles. The molecule has 0 saturated carbocycles. The summed E-state index contributed by atoms with van der Waals surface area (Å²) in [6.45, 7) is 6.23. The van der Waals surface area contributed by atoms with Gasteiger partial charge in [0.25, 0.3) is 11.8 Å². The normalized spacial score (nSPS) is 10.3. The second-order valence-corrected chi connectivity index (χ2v) is 5.46. The van der Waals surface area contributed by atoms with E-state index in [-0.39, 0.29) is 24.1 Å². The van der Waals surface area contributed by atoms with E-state index in [0.29, 0.717) is 24.6 Å². The highest BCUT2D eigenvalue weighted by molar-refractivity contribution is 5.92. The highest BCUT2D eigenvalue weighted by atomic mass is 16.5. The molecule has 7 nitrogen and oxygen atoms in total. The van der Waals surface area contributed by atoms with E-state index in [1.54, 1.807) is 13.0 Å². The van der Waals surface area contributed by atoms with Crippen molar-refractivity contribution in [1.29, 1.82) is 0 Å². The zero-order valence-corrected chi connectivity index (χ0v) is 14.0. The first-order valence-corrected chi connectivity index (χ1v) is 7.64. The van der Waals surface area contributed by atoms with Gasteiger partial charge in [0.15, 0.2) is 12.3 Å². The molecular weight excluding hydrogens is 310 g/mol. The van der Waals surface area contributed by atoms with Crippen LogP contribution in [0.3, 0.4) is 0 Å². The number of hydrogen-bond donors (Lipinski definition) is 2. The summed E-state index contributed by atoms with van der Waals surface area (Å²) in [5.74, 6) is 0.632. The van der Waals surface area contributed by atoms with Crippen LogP contribution in [0.25, 0.3) is 0 Å². The molecular formula is C17H21N3O4. The molecule has 1 aromatic heterocycles. The Balaban J connectivity index is 1.64. The fraction of sp³-hybridized carbons (Fsp3) is 0.353. The Labute approximate surface area is 140 Å². The number of aryl methyl sites for hydroxylation is 3. The zero-order valence-electron chi connectivity index (χ0n) is 14.0. The number of nitrogens with one attached hydrogen (secondary N) is 2. The molecule has 0 radical (unpaired) electrons. The van der Waals surface area contributed by atoms with Crippen molar-refractivity contribution in [2.24, 2.45) is 0 Å². The molecule has 0 aliphatic heterocycles. The first kappa shape index (κ1) is 17.5. The molecule has 0 spiro atoms. The molecule has 0 atom stereocenters. The minimum atomic E-state index is -0.340. The SMILES string of the molecule is Cc1cc(C(=O)NCCNC(=O)COc2ccc(C)c(C)c2)no1. The lowest BCUT2D eigenvalue weighted by molar-refractivity contribution is -0.123. The number of amides is 2. The molecule has 24 heavy (non-hydrogen) atoms. The monoisotopic (exact) mass is 331 g/mol. The number of aromatic nitrogens is 1. The van der Waals surface area contributed by atoms with Crippen LogP contribution in [-0.4, -0.2) is 36.7 Å². The molecule has 0 saturated heterocycles. The van der Waals surface area contributed by atoms with Crippen LogP contribution in [0, 0.1) is 20.8 Å². The number of benzene rings is 1. The van der Waals surface area contributed by atoms with Gasteiger partial charge >= 0.3 is 0 Å². The molecule has 2 N–H and O–H groups in total. The van der Waals surface area contributed by atoms with Gasteiger partial charge in [-0.1, -0.05) is 11.2 Å². The van der Waals surface area contributed by atoms with Gasteiger partial charge in [0.1, 0.15) is 11.5 Å². The Hall–Kier alpha value is -2.83. The van der Waals surface area contributed by atoms with Crippen LogP contribution in [-0.2, 0) is 4.79 Å². The Kier molecular flexibility index (Phi) is 5.95. The van der Waals surface area contributed by atoms with Crippen molar-refractivity contribution in [3.05, 3.63) is 46.8 Å². The van der Waals surface area contributed by atoms with Gasteiger partial charge in [-0.2, -0.15) is 0 Å². The van der Waals surface area contributed by atoms with E-state index in [2.05, 4.69) is 15.8 Å². The number of carbonyl (C=O) groups is 2. The van der Waals surface area contributed by atoms with Crippen LogP contribution in [0.1, 0.15) is 27.4 Å². The Bertz CT molecular complexity index is 724. The number of nitrogens with zero attached hydrogens (tertiary/aromatic N) is 1. The van der Waals surface area contributed by atoms with Gasteiger partial charge in [-0.15, -0.1) is 0 Å². The lowest BCUT2D eigenvalue weighted by Crippen LogP contribution is -2.36. The number of carbonyl (C=O) groups excluding carboxylic acids is 2. The fourth-order valence-corrected chi connectivity index (χ4v) is 1.95. The summed E-state index contributed by atoms with van der Waals surface area (Å²) in [7, 11) is 0. The lowest BCUT2D eigenvalue weighted by Gasteiger charge is -2.09. The molecule has 0 unspecified atom stereocenters. The van der Waals surface area contributed by atoms with Gasteiger partial charge in [0.05, 0.1) is 0 Å². The third-order valence-corrected chi connectivity index (χ3v) is 3.44. The van der Waals surface area contributed by atoms with Crippen molar-refractivity contribution in [2.45, 2.75) is 20.8 Å². The van der Waals surface area contributed by atoms with Gasteiger partial charge in [0.2, 0.25) is 0 Å². The number of ether oxygens (including phenoxy) is 1. The minimum Gasteiger partial charge on any atom is -0.484 e. The first-order chi connectivity index (χ1) is 11.5. The third kappa shape index (κ3) is 5.12. The minimum absolute atomic E-state index is 0.0705. The van der Waals surface area contributed by atoms with Gasteiger partial charge < -0.3 is 19.9 Å². The Morgan fingerprint density at radius 1 is 1.08 bits per heavy atom. The molecule has 7 heteroatoms. The Morgan fingerprint density at radius 3 is 2.50 bits per heavy atom. The maximum absolute atomic E-state index is 11.7.